The molecule has 5 nitrogen and oxygen atoms in total. The topological polar surface area (TPSA) is 65.7 Å². The Morgan fingerprint density at radius 1 is 1.08 bits per heavy atom. The van der Waals surface area contributed by atoms with Crippen molar-refractivity contribution in [3.63, 3.8) is 0 Å². The van der Waals surface area contributed by atoms with Gasteiger partial charge in [-0.25, -0.2) is 4.79 Å². The molecule has 0 aliphatic carbocycles. The van der Waals surface area contributed by atoms with Crippen LogP contribution < -0.4 is 10.2 Å². The normalized spacial score (nSPS) is 10.6. The Balaban J connectivity index is 1.61. The number of carbonyl (C=O) groups excluding carboxylic acids is 1. The van der Waals surface area contributed by atoms with Crippen molar-refractivity contribution >= 4 is 28.5 Å². The van der Waals surface area contributed by atoms with E-state index in [4.69, 9.17) is 25.5 Å². The SMILES string of the molecule is Cc1ccc2oc(C(=O)OCCOc3ccc(Cl)cc3)cc(=O)c2c1. The maximum atomic E-state index is 12.1. The fourth-order valence-electron chi connectivity index (χ4n) is 2.27. The summed E-state index contributed by atoms with van der Waals surface area (Å²) in [4.78, 5) is 24.1. The predicted octanol–water partition coefficient (Wildman–Crippen LogP) is 3.99. The van der Waals surface area contributed by atoms with Crippen molar-refractivity contribution in [2.75, 3.05) is 13.2 Å². The standard InChI is InChI=1S/C19H15ClO5/c1-12-2-7-17-15(10-12)16(21)11-18(25-17)19(22)24-9-8-23-14-5-3-13(20)4-6-14/h2-7,10-11H,8-9H2,1H3. The fourth-order valence-corrected chi connectivity index (χ4v) is 2.39. The molecule has 0 saturated heterocycles. The third-order valence-corrected chi connectivity index (χ3v) is 3.73. The van der Waals surface area contributed by atoms with Crippen LogP contribution in [0.1, 0.15) is 16.1 Å². The summed E-state index contributed by atoms with van der Waals surface area (Å²) in [5.74, 6) is -0.222. The van der Waals surface area contributed by atoms with Crippen LogP contribution in [0, 0.1) is 6.92 Å². The largest absolute Gasteiger partial charge is 0.490 e. The minimum Gasteiger partial charge on any atom is -0.490 e. The summed E-state index contributed by atoms with van der Waals surface area (Å²) >= 11 is 5.78. The van der Waals surface area contributed by atoms with E-state index in [2.05, 4.69) is 0 Å². The number of benzene rings is 2. The summed E-state index contributed by atoms with van der Waals surface area (Å²) in [6, 6.07) is 13.2. The monoisotopic (exact) mass is 358 g/mol. The third kappa shape index (κ3) is 4.19. The quantitative estimate of drug-likeness (QED) is 0.509. The molecule has 0 bridgehead atoms. The molecule has 0 aliphatic heterocycles. The van der Waals surface area contributed by atoms with E-state index in [9.17, 15) is 9.59 Å². The van der Waals surface area contributed by atoms with Gasteiger partial charge in [-0.3, -0.25) is 4.79 Å². The second-order valence-electron chi connectivity index (χ2n) is 5.41. The van der Waals surface area contributed by atoms with Crippen molar-refractivity contribution in [2.24, 2.45) is 0 Å². The number of aryl methyl sites for hydroxylation is 1. The van der Waals surface area contributed by atoms with Crippen LogP contribution in [0.4, 0.5) is 0 Å². The molecule has 0 N–H and O–H groups in total. The summed E-state index contributed by atoms with van der Waals surface area (Å²) in [5, 5.41) is 1.04. The van der Waals surface area contributed by atoms with E-state index in [1.54, 1.807) is 42.5 Å². The van der Waals surface area contributed by atoms with E-state index in [-0.39, 0.29) is 24.4 Å². The Kier molecular flexibility index (Phi) is 5.05. The lowest BCUT2D eigenvalue weighted by molar-refractivity contribution is 0.0415. The zero-order chi connectivity index (χ0) is 17.8. The molecule has 3 aromatic rings. The van der Waals surface area contributed by atoms with Gasteiger partial charge in [0, 0.05) is 11.1 Å². The van der Waals surface area contributed by atoms with Gasteiger partial charge in [-0.15, -0.1) is 0 Å². The number of hydrogen-bond donors (Lipinski definition) is 0. The van der Waals surface area contributed by atoms with Crippen LogP contribution in [0.25, 0.3) is 11.0 Å². The molecule has 0 spiro atoms. The van der Waals surface area contributed by atoms with Gasteiger partial charge in [-0.1, -0.05) is 23.2 Å². The van der Waals surface area contributed by atoms with E-state index in [0.717, 1.165) is 11.6 Å². The molecule has 0 radical (unpaired) electrons. The van der Waals surface area contributed by atoms with Gasteiger partial charge >= 0.3 is 5.97 Å². The van der Waals surface area contributed by atoms with Crippen molar-refractivity contribution in [3.05, 3.63) is 75.1 Å². The van der Waals surface area contributed by atoms with Gasteiger partial charge in [0.05, 0.1) is 5.39 Å². The first-order chi connectivity index (χ1) is 12.0. The summed E-state index contributed by atoms with van der Waals surface area (Å²) in [6.45, 7) is 2.07. The lowest BCUT2D eigenvalue weighted by Gasteiger charge is -2.07. The molecule has 6 heteroatoms. The molecule has 1 aromatic heterocycles. The van der Waals surface area contributed by atoms with Gasteiger partial charge in [0.15, 0.2) is 5.43 Å². The maximum Gasteiger partial charge on any atom is 0.374 e. The third-order valence-electron chi connectivity index (χ3n) is 3.48. The Morgan fingerprint density at radius 3 is 2.60 bits per heavy atom. The van der Waals surface area contributed by atoms with Crippen LogP contribution in [-0.4, -0.2) is 19.2 Å². The van der Waals surface area contributed by atoms with Crippen molar-refractivity contribution in [3.8, 4) is 5.75 Å². The van der Waals surface area contributed by atoms with Gasteiger partial charge in [-0.2, -0.15) is 0 Å². The average molecular weight is 359 g/mol. The number of fused-ring (bicyclic) bond motifs is 1. The highest BCUT2D eigenvalue weighted by molar-refractivity contribution is 6.30. The van der Waals surface area contributed by atoms with Gasteiger partial charge in [-0.05, 0) is 43.3 Å². The molecule has 3 rings (SSSR count). The zero-order valence-electron chi connectivity index (χ0n) is 13.5. The molecule has 0 saturated carbocycles. The Morgan fingerprint density at radius 2 is 1.84 bits per heavy atom. The molecule has 0 aliphatic rings. The maximum absolute atomic E-state index is 12.1. The van der Waals surface area contributed by atoms with Gasteiger partial charge in [0.2, 0.25) is 5.76 Å². The molecule has 0 amide bonds. The molecular weight excluding hydrogens is 344 g/mol. The first-order valence-corrected chi connectivity index (χ1v) is 8.01. The van der Waals surface area contributed by atoms with Crippen LogP contribution in [0.2, 0.25) is 5.02 Å². The molecule has 128 valence electrons. The smallest absolute Gasteiger partial charge is 0.374 e. The van der Waals surface area contributed by atoms with Crippen LogP contribution in [0.3, 0.4) is 0 Å². The minimum atomic E-state index is -0.709. The summed E-state index contributed by atoms with van der Waals surface area (Å²) in [5.41, 5.74) is 1.01. The molecule has 0 atom stereocenters. The average Bonchev–Trinajstić information content (AvgIpc) is 2.60. The van der Waals surface area contributed by atoms with Gasteiger partial charge in [0.1, 0.15) is 24.5 Å². The minimum absolute atomic E-state index is 0.0249. The fraction of sp³-hybridized carbons (Fsp3) is 0.158. The first-order valence-electron chi connectivity index (χ1n) is 7.63. The van der Waals surface area contributed by atoms with Crippen molar-refractivity contribution < 1.29 is 18.7 Å². The molecule has 1 heterocycles. The van der Waals surface area contributed by atoms with E-state index in [0.29, 0.717) is 21.7 Å². The van der Waals surface area contributed by atoms with E-state index in [1.807, 2.05) is 6.92 Å². The van der Waals surface area contributed by atoms with Crippen molar-refractivity contribution in [1.29, 1.82) is 0 Å². The molecular formula is C19H15ClO5. The highest BCUT2D eigenvalue weighted by Gasteiger charge is 2.14. The predicted molar refractivity (Wildman–Crippen MR) is 94.5 cm³/mol. The lowest BCUT2D eigenvalue weighted by Crippen LogP contribution is -2.14. The number of ether oxygens (including phenoxy) is 2. The summed E-state index contributed by atoms with van der Waals surface area (Å²) in [7, 11) is 0. The number of esters is 1. The van der Waals surface area contributed by atoms with Crippen molar-refractivity contribution in [2.45, 2.75) is 6.92 Å². The van der Waals surface area contributed by atoms with E-state index >= 15 is 0 Å². The van der Waals surface area contributed by atoms with Gasteiger partial charge in [0.25, 0.3) is 0 Å². The molecule has 2 aromatic carbocycles. The first kappa shape index (κ1) is 17.0. The van der Waals surface area contributed by atoms with Crippen molar-refractivity contribution in [1.82, 2.24) is 0 Å². The summed E-state index contributed by atoms with van der Waals surface area (Å²) < 4.78 is 16.0. The molecule has 0 unspecified atom stereocenters. The lowest BCUT2D eigenvalue weighted by atomic mass is 10.1. The Hall–Kier alpha value is -2.79. The van der Waals surface area contributed by atoms with Gasteiger partial charge < -0.3 is 13.9 Å². The van der Waals surface area contributed by atoms with Crippen LogP contribution >= 0.6 is 11.6 Å². The Bertz CT molecular complexity index is 960. The van der Waals surface area contributed by atoms with E-state index < -0.39 is 5.97 Å². The zero-order valence-corrected chi connectivity index (χ0v) is 14.2. The van der Waals surface area contributed by atoms with Crippen LogP contribution in [0.5, 0.6) is 5.75 Å². The molecule has 0 fully saturated rings. The number of rotatable bonds is 5. The summed E-state index contributed by atoms with van der Waals surface area (Å²) in [6.07, 6.45) is 0. The highest BCUT2D eigenvalue weighted by Crippen LogP contribution is 2.16. The molecule has 25 heavy (non-hydrogen) atoms. The second kappa shape index (κ2) is 7.40. The van der Waals surface area contributed by atoms with Crippen LogP contribution in [0.15, 0.2) is 57.7 Å². The Labute approximate surface area is 148 Å². The second-order valence-corrected chi connectivity index (χ2v) is 5.85. The highest BCUT2D eigenvalue weighted by atomic mass is 35.5. The number of hydrogen-bond acceptors (Lipinski definition) is 5. The van der Waals surface area contributed by atoms with Crippen LogP contribution in [-0.2, 0) is 4.74 Å². The number of carbonyl (C=O) groups is 1. The number of halogens is 1. The van der Waals surface area contributed by atoms with E-state index in [1.165, 1.54) is 0 Å².